The van der Waals surface area contributed by atoms with Gasteiger partial charge in [0.15, 0.2) is 11.6 Å². The summed E-state index contributed by atoms with van der Waals surface area (Å²) in [7, 11) is 0. The van der Waals surface area contributed by atoms with Crippen molar-refractivity contribution in [1.82, 2.24) is 15.0 Å². The molecular formula is C45H39N5S. The summed E-state index contributed by atoms with van der Waals surface area (Å²) >= 11 is 1.75. The Hall–Kier alpha value is -5.25. The van der Waals surface area contributed by atoms with E-state index in [2.05, 4.69) is 122 Å². The fourth-order valence-electron chi connectivity index (χ4n) is 9.22. The van der Waals surface area contributed by atoms with Crippen molar-refractivity contribution in [2.45, 2.75) is 61.2 Å². The van der Waals surface area contributed by atoms with Crippen molar-refractivity contribution in [1.29, 1.82) is 5.26 Å². The van der Waals surface area contributed by atoms with E-state index in [0.29, 0.717) is 28.6 Å². The Morgan fingerprint density at radius 3 is 1.65 bits per heavy atom. The molecule has 1 aliphatic heterocycles. The Morgan fingerprint density at radius 2 is 1.10 bits per heavy atom. The van der Waals surface area contributed by atoms with E-state index in [0.717, 1.165) is 50.0 Å². The molecule has 2 aliphatic carbocycles. The third-order valence-electron chi connectivity index (χ3n) is 11.1. The van der Waals surface area contributed by atoms with E-state index in [-0.39, 0.29) is 0 Å². The number of anilines is 3. The van der Waals surface area contributed by atoms with E-state index in [1.54, 1.807) is 11.8 Å². The van der Waals surface area contributed by atoms with Crippen LogP contribution in [0.4, 0.5) is 17.3 Å². The molecule has 0 radical (unpaired) electrons. The van der Waals surface area contributed by atoms with Gasteiger partial charge in [0.25, 0.3) is 0 Å². The van der Waals surface area contributed by atoms with Gasteiger partial charge in [-0.15, -0.1) is 0 Å². The van der Waals surface area contributed by atoms with Crippen LogP contribution in [-0.2, 0) is 5.41 Å². The van der Waals surface area contributed by atoms with Crippen molar-refractivity contribution in [3.63, 3.8) is 0 Å². The maximum atomic E-state index is 9.42. The molecule has 2 saturated carbocycles. The monoisotopic (exact) mass is 681 g/mol. The van der Waals surface area contributed by atoms with Crippen molar-refractivity contribution in [3.05, 3.63) is 132 Å². The Labute approximate surface area is 304 Å². The SMILES string of the molecule is C[C@@H]1C[C@@H]2C[C@H](C)CC(c3ccc(-c4ccc(-c5nc(-c6ccc(C#N)cc6)nc(N6c7ccccc7Sc7ccccc76)n5)cc4)cc3)(C1)C2. The molecule has 250 valence electrons. The second-order valence-corrected chi connectivity index (χ2v) is 16.0. The molecule has 0 N–H and O–H groups in total. The number of fused-ring (bicyclic) bond motifs is 4. The van der Waals surface area contributed by atoms with Gasteiger partial charge in [0.05, 0.1) is 23.0 Å². The van der Waals surface area contributed by atoms with Crippen LogP contribution in [0, 0.1) is 29.1 Å². The van der Waals surface area contributed by atoms with Gasteiger partial charge in [-0.3, -0.25) is 4.90 Å². The molecule has 2 bridgehead atoms. The lowest BCUT2D eigenvalue weighted by atomic mass is 9.54. The van der Waals surface area contributed by atoms with Crippen LogP contribution in [-0.4, -0.2) is 15.0 Å². The summed E-state index contributed by atoms with van der Waals surface area (Å²) in [5, 5.41) is 9.42. The van der Waals surface area contributed by atoms with Crippen molar-refractivity contribution in [2.75, 3.05) is 4.90 Å². The van der Waals surface area contributed by atoms with Gasteiger partial charge in [0.1, 0.15) is 0 Å². The first kappa shape index (κ1) is 31.7. The van der Waals surface area contributed by atoms with Crippen molar-refractivity contribution >= 4 is 29.1 Å². The summed E-state index contributed by atoms with van der Waals surface area (Å²) in [6, 6.07) is 44.4. The van der Waals surface area contributed by atoms with E-state index in [9.17, 15) is 5.26 Å². The van der Waals surface area contributed by atoms with Crippen LogP contribution in [0.2, 0.25) is 0 Å². The highest BCUT2D eigenvalue weighted by Crippen LogP contribution is 2.54. The van der Waals surface area contributed by atoms with Crippen LogP contribution in [0.3, 0.4) is 0 Å². The average molecular weight is 682 g/mol. The Morgan fingerprint density at radius 1 is 0.608 bits per heavy atom. The number of hydrogen-bond donors (Lipinski definition) is 0. The Kier molecular flexibility index (Phi) is 7.97. The average Bonchev–Trinajstić information content (AvgIpc) is 3.16. The summed E-state index contributed by atoms with van der Waals surface area (Å²) < 4.78 is 0. The quantitative estimate of drug-likeness (QED) is 0.180. The van der Waals surface area contributed by atoms with Crippen molar-refractivity contribution in [3.8, 4) is 40.0 Å². The molecule has 0 amide bonds. The number of benzene rings is 5. The second kappa shape index (κ2) is 12.8. The maximum absolute atomic E-state index is 9.42. The number of aromatic nitrogens is 3. The molecule has 1 unspecified atom stereocenters. The van der Waals surface area contributed by atoms with Gasteiger partial charge in [-0.2, -0.15) is 15.2 Å². The molecule has 51 heavy (non-hydrogen) atoms. The molecule has 5 aromatic carbocycles. The summed E-state index contributed by atoms with van der Waals surface area (Å²) in [6.45, 7) is 4.91. The number of hydrogen-bond acceptors (Lipinski definition) is 6. The Bertz CT molecular complexity index is 2210. The van der Waals surface area contributed by atoms with Crippen LogP contribution in [0.5, 0.6) is 0 Å². The molecule has 6 heteroatoms. The molecule has 5 nitrogen and oxygen atoms in total. The largest absolute Gasteiger partial charge is 0.277 e. The predicted molar refractivity (Wildman–Crippen MR) is 206 cm³/mol. The van der Waals surface area contributed by atoms with Gasteiger partial charge in [-0.25, -0.2) is 4.98 Å². The standard InChI is InChI=1S/C45H39N5S/c1-29-23-32-24-30(2)26-45(25-29,27-32)37-21-19-34(20-22-37)33-15-17-36(18-16-33)43-47-42(35-13-11-31(28-46)12-14-35)48-44(49-43)50-38-7-3-5-9-40(38)51-41-10-6-4-8-39(41)50/h3-22,29-30,32H,23-27H2,1-2H3/t29-,30+,32-,45?. The van der Waals surface area contributed by atoms with E-state index in [1.807, 2.05) is 24.3 Å². The van der Waals surface area contributed by atoms with Crippen LogP contribution in [0.25, 0.3) is 33.9 Å². The molecule has 2 fully saturated rings. The van der Waals surface area contributed by atoms with Gasteiger partial charge in [0, 0.05) is 20.9 Å². The lowest BCUT2D eigenvalue weighted by Crippen LogP contribution is -2.42. The normalized spacial score (nSPS) is 22.1. The fourth-order valence-corrected chi connectivity index (χ4v) is 10.3. The van der Waals surface area contributed by atoms with Gasteiger partial charge in [0.2, 0.25) is 5.95 Å². The van der Waals surface area contributed by atoms with Gasteiger partial charge in [-0.05, 0) is 120 Å². The number of nitrogens with zero attached hydrogens (tertiary/aromatic N) is 5. The van der Waals surface area contributed by atoms with Crippen molar-refractivity contribution in [2.24, 2.45) is 17.8 Å². The minimum absolute atomic E-state index is 0.333. The first-order valence-corrected chi connectivity index (χ1v) is 18.9. The summed E-state index contributed by atoms with van der Waals surface area (Å²) in [6.07, 6.45) is 6.76. The molecule has 3 aliphatic rings. The zero-order valence-corrected chi connectivity index (χ0v) is 29.8. The fraction of sp³-hybridized carbons (Fsp3) is 0.244. The number of rotatable bonds is 5. The van der Waals surface area contributed by atoms with Crippen LogP contribution in [0.15, 0.2) is 131 Å². The summed E-state index contributed by atoms with van der Waals surface area (Å²) in [5.41, 5.74) is 8.66. The molecule has 0 spiro atoms. The van der Waals surface area contributed by atoms with E-state index in [1.165, 1.54) is 48.8 Å². The van der Waals surface area contributed by atoms with E-state index < -0.39 is 0 Å². The molecule has 1 aromatic heterocycles. The minimum Gasteiger partial charge on any atom is -0.277 e. The van der Waals surface area contributed by atoms with Gasteiger partial charge in [-0.1, -0.05) is 98.4 Å². The zero-order valence-electron chi connectivity index (χ0n) is 29.0. The lowest BCUT2D eigenvalue weighted by molar-refractivity contribution is 0.0780. The number of para-hydroxylation sites is 2. The maximum Gasteiger partial charge on any atom is 0.238 e. The summed E-state index contributed by atoms with van der Waals surface area (Å²) in [5.74, 6) is 4.18. The highest BCUT2D eigenvalue weighted by molar-refractivity contribution is 7.99. The third kappa shape index (κ3) is 5.90. The van der Waals surface area contributed by atoms with Gasteiger partial charge < -0.3 is 0 Å². The third-order valence-corrected chi connectivity index (χ3v) is 12.3. The van der Waals surface area contributed by atoms with Crippen molar-refractivity contribution < 1.29 is 0 Å². The van der Waals surface area contributed by atoms with Crippen LogP contribution < -0.4 is 4.90 Å². The Balaban J connectivity index is 1.09. The highest BCUT2D eigenvalue weighted by atomic mass is 32.2. The molecule has 9 rings (SSSR count). The highest BCUT2D eigenvalue weighted by Gasteiger charge is 2.45. The number of nitriles is 1. The zero-order chi connectivity index (χ0) is 34.5. The topological polar surface area (TPSA) is 65.7 Å². The van der Waals surface area contributed by atoms with Crippen LogP contribution >= 0.6 is 11.8 Å². The molecule has 6 aromatic rings. The molecule has 2 heterocycles. The van der Waals surface area contributed by atoms with Gasteiger partial charge >= 0.3 is 0 Å². The molecular weight excluding hydrogens is 643 g/mol. The minimum atomic E-state index is 0.333. The van der Waals surface area contributed by atoms with E-state index >= 15 is 0 Å². The molecule has 0 saturated heterocycles. The molecule has 4 atom stereocenters. The smallest absolute Gasteiger partial charge is 0.238 e. The predicted octanol–water partition coefficient (Wildman–Crippen LogP) is 11.8. The summed E-state index contributed by atoms with van der Waals surface area (Å²) in [4.78, 5) is 19.6. The van der Waals surface area contributed by atoms with Crippen LogP contribution in [0.1, 0.15) is 57.1 Å². The lowest BCUT2D eigenvalue weighted by Gasteiger charge is -2.50. The first-order valence-electron chi connectivity index (χ1n) is 18.1. The second-order valence-electron chi connectivity index (χ2n) is 14.9. The first-order chi connectivity index (χ1) is 24.9. The van der Waals surface area contributed by atoms with E-state index in [4.69, 9.17) is 15.0 Å².